The van der Waals surface area contributed by atoms with Gasteiger partial charge in [0.1, 0.15) is 5.69 Å². The van der Waals surface area contributed by atoms with Crippen LogP contribution >= 0.6 is 11.6 Å². The highest BCUT2D eigenvalue weighted by atomic mass is 35.5. The molecule has 1 spiro atoms. The Morgan fingerprint density at radius 1 is 1.27 bits per heavy atom. The van der Waals surface area contributed by atoms with Gasteiger partial charge in [-0.3, -0.25) is 9.48 Å². The number of aryl methyl sites for hydroxylation is 1. The molecule has 2 heterocycles. The number of benzene rings is 1. The van der Waals surface area contributed by atoms with E-state index in [2.05, 4.69) is 20.7 Å². The summed E-state index contributed by atoms with van der Waals surface area (Å²) < 4.78 is 43.7. The van der Waals surface area contributed by atoms with E-state index in [0.29, 0.717) is 22.4 Å². The van der Waals surface area contributed by atoms with Gasteiger partial charge in [-0.1, -0.05) is 11.6 Å². The first-order valence-corrected chi connectivity index (χ1v) is 11.2. The highest BCUT2D eigenvalue weighted by Crippen LogP contribution is 2.56. The van der Waals surface area contributed by atoms with Crippen LogP contribution in [0.5, 0.6) is 0 Å². The molecule has 5 rings (SSSR count). The van der Waals surface area contributed by atoms with Gasteiger partial charge in [-0.15, -0.1) is 0 Å². The van der Waals surface area contributed by atoms with Gasteiger partial charge in [-0.05, 0) is 55.7 Å². The molecule has 2 aromatic heterocycles. The monoisotopic (exact) mass is 477 g/mol. The SMILES string of the molecule is Cn1cc(C(=O)N[C@H]2C[C@@H](Nc3c(F)c(C(F)F)nc4ccc(Cl)cc34)CC3(CC3)C2)cn1. The number of aromatic nitrogens is 3. The molecule has 1 amide bonds. The van der Waals surface area contributed by atoms with Crippen molar-refractivity contribution in [1.29, 1.82) is 0 Å². The number of hydrogen-bond donors (Lipinski definition) is 2. The van der Waals surface area contributed by atoms with Crippen LogP contribution in [0.3, 0.4) is 0 Å². The van der Waals surface area contributed by atoms with Crippen LogP contribution in [-0.4, -0.2) is 32.8 Å². The number of nitrogens with zero attached hydrogens (tertiary/aromatic N) is 3. The van der Waals surface area contributed by atoms with E-state index in [0.717, 1.165) is 25.7 Å². The maximum Gasteiger partial charge on any atom is 0.283 e. The van der Waals surface area contributed by atoms with Crippen molar-refractivity contribution < 1.29 is 18.0 Å². The number of carbonyl (C=O) groups excluding carboxylic acids is 1. The van der Waals surface area contributed by atoms with Gasteiger partial charge in [-0.2, -0.15) is 5.10 Å². The Morgan fingerprint density at radius 2 is 2.03 bits per heavy atom. The molecule has 2 saturated carbocycles. The summed E-state index contributed by atoms with van der Waals surface area (Å²) in [6.07, 6.45) is 4.32. The lowest BCUT2D eigenvalue weighted by molar-refractivity contribution is 0.0913. The van der Waals surface area contributed by atoms with E-state index in [9.17, 15) is 13.6 Å². The average Bonchev–Trinajstić information content (AvgIpc) is 3.33. The summed E-state index contributed by atoms with van der Waals surface area (Å²) in [5.74, 6) is -1.28. The van der Waals surface area contributed by atoms with Gasteiger partial charge >= 0.3 is 0 Å². The number of rotatable bonds is 5. The minimum atomic E-state index is -3.04. The molecular weight excluding hydrogens is 455 g/mol. The van der Waals surface area contributed by atoms with Crippen molar-refractivity contribution in [2.24, 2.45) is 12.5 Å². The molecule has 2 aliphatic carbocycles. The molecule has 2 N–H and O–H groups in total. The first kappa shape index (κ1) is 22.0. The lowest BCUT2D eigenvalue weighted by Crippen LogP contribution is -2.45. The number of anilines is 1. The number of halogens is 4. The predicted molar refractivity (Wildman–Crippen MR) is 119 cm³/mol. The zero-order chi connectivity index (χ0) is 23.3. The standard InChI is InChI=1S/C23H23ClF3N5O/c1-32-11-12(10-28-32)22(33)30-15-7-14(8-23(9-15)4-5-23)29-19-16-6-13(24)2-3-17(16)31-20(18(19)25)21(26)27/h2-3,6,10-11,14-15,21H,4-5,7-9H2,1H3,(H,29,31)(H,30,33)/t14-,15+/m1/s1. The van der Waals surface area contributed by atoms with Crippen molar-refractivity contribution in [3.05, 3.63) is 52.7 Å². The molecule has 1 aromatic carbocycles. The molecule has 10 heteroatoms. The molecule has 0 bridgehead atoms. The highest BCUT2D eigenvalue weighted by molar-refractivity contribution is 6.31. The molecule has 3 aromatic rings. The molecule has 0 unspecified atom stereocenters. The minimum Gasteiger partial charge on any atom is -0.379 e. The van der Waals surface area contributed by atoms with Crippen LogP contribution in [0.25, 0.3) is 10.9 Å². The maximum absolute atomic E-state index is 15.2. The lowest BCUT2D eigenvalue weighted by atomic mass is 9.79. The second kappa shape index (κ2) is 8.20. The van der Waals surface area contributed by atoms with Gasteiger partial charge in [0.15, 0.2) is 5.82 Å². The first-order valence-electron chi connectivity index (χ1n) is 10.9. The van der Waals surface area contributed by atoms with Crippen LogP contribution in [0.2, 0.25) is 5.02 Å². The van der Waals surface area contributed by atoms with Crippen LogP contribution in [0, 0.1) is 11.2 Å². The summed E-state index contributed by atoms with van der Waals surface area (Å²) in [7, 11) is 1.74. The molecule has 2 atom stereocenters. The largest absolute Gasteiger partial charge is 0.379 e. The predicted octanol–water partition coefficient (Wildman–Crippen LogP) is 5.24. The third-order valence-corrected chi connectivity index (χ3v) is 6.89. The van der Waals surface area contributed by atoms with Gasteiger partial charge in [0, 0.05) is 35.7 Å². The van der Waals surface area contributed by atoms with E-state index in [4.69, 9.17) is 11.6 Å². The molecule has 0 radical (unpaired) electrons. The molecule has 6 nitrogen and oxygen atoms in total. The zero-order valence-corrected chi connectivity index (χ0v) is 18.7. The second-order valence-corrected chi connectivity index (χ2v) is 9.64. The van der Waals surface area contributed by atoms with Crippen molar-refractivity contribution >= 4 is 34.1 Å². The molecule has 174 valence electrons. The number of pyridine rings is 1. The maximum atomic E-state index is 15.2. The smallest absolute Gasteiger partial charge is 0.283 e. The van der Waals surface area contributed by atoms with E-state index >= 15 is 4.39 Å². The number of carbonyl (C=O) groups is 1. The van der Waals surface area contributed by atoms with Crippen molar-refractivity contribution in [2.45, 2.75) is 50.6 Å². The Balaban J connectivity index is 1.43. The average molecular weight is 478 g/mol. The number of hydrogen-bond acceptors (Lipinski definition) is 4. The fourth-order valence-corrected chi connectivity index (χ4v) is 5.14. The summed E-state index contributed by atoms with van der Waals surface area (Å²) in [5.41, 5.74) is -0.106. The van der Waals surface area contributed by atoms with Crippen LogP contribution < -0.4 is 10.6 Å². The van der Waals surface area contributed by atoms with E-state index < -0.39 is 17.9 Å². The number of alkyl halides is 2. The van der Waals surface area contributed by atoms with E-state index in [1.165, 1.54) is 24.4 Å². The molecule has 0 aliphatic heterocycles. The zero-order valence-electron chi connectivity index (χ0n) is 17.9. The number of nitrogens with one attached hydrogen (secondary N) is 2. The van der Waals surface area contributed by atoms with Crippen LogP contribution in [0.4, 0.5) is 18.9 Å². The van der Waals surface area contributed by atoms with E-state index in [1.807, 2.05) is 0 Å². The Kier molecular flexibility index (Phi) is 5.47. The van der Waals surface area contributed by atoms with E-state index in [-0.39, 0.29) is 34.6 Å². The van der Waals surface area contributed by atoms with Crippen LogP contribution in [0.15, 0.2) is 30.6 Å². The number of fused-ring (bicyclic) bond motifs is 1. The van der Waals surface area contributed by atoms with E-state index in [1.54, 1.807) is 17.9 Å². The van der Waals surface area contributed by atoms with Crippen molar-refractivity contribution in [2.75, 3.05) is 5.32 Å². The second-order valence-electron chi connectivity index (χ2n) is 9.21. The van der Waals surface area contributed by atoms with Crippen LogP contribution in [-0.2, 0) is 7.05 Å². The summed E-state index contributed by atoms with van der Waals surface area (Å²) in [6, 6.07) is 4.25. The van der Waals surface area contributed by atoms with Crippen molar-refractivity contribution in [3.8, 4) is 0 Å². The van der Waals surface area contributed by atoms with Gasteiger partial charge < -0.3 is 10.6 Å². The lowest BCUT2D eigenvalue weighted by Gasteiger charge is -2.37. The summed E-state index contributed by atoms with van der Waals surface area (Å²) in [5, 5.41) is 11.0. The van der Waals surface area contributed by atoms with Gasteiger partial charge in [-0.25, -0.2) is 18.2 Å². The quantitative estimate of drug-likeness (QED) is 0.527. The van der Waals surface area contributed by atoms with Crippen molar-refractivity contribution in [1.82, 2.24) is 20.1 Å². The summed E-state index contributed by atoms with van der Waals surface area (Å²) in [6.45, 7) is 0. The molecular formula is C23H23ClF3N5O. The first-order chi connectivity index (χ1) is 15.7. The Morgan fingerprint density at radius 3 is 2.70 bits per heavy atom. The minimum absolute atomic E-state index is 0.0159. The molecule has 0 saturated heterocycles. The Bertz CT molecular complexity index is 1230. The highest BCUT2D eigenvalue weighted by Gasteiger charge is 2.49. The topological polar surface area (TPSA) is 71.8 Å². The fourth-order valence-electron chi connectivity index (χ4n) is 4.97. The van der Waals surface area contributed by atoms with Gasteiger partial charge in [0.2, 0.25) is 0 Å². The Hall–Kier alpha value is -2.81. The molecule has 33 heavy (non-hydrogen) atoms. The fraction of sp³-hybridized carbons (Fsp3) is 0.435. The number of amides is 1. The third-order valence-electron chi connectivity index (χ3n) is 6.66. The Labute approximate surface area is 193 Å². The van der Waals surface area contributed by atoms with Gasteiger partial charge in [0.05, 0.1) is 23.0 Å². The normalized spacial score (nSPS) is 21.5. The summed E-state index contributed by atoms with van der Waals surface area (Å²) >= 11 is 6.10. The molecule has 2 aliphatic rings. The molecule has 2 fully saturated rings. The van der Waals surface area contributed by atoms with Crippen LogP contribution in [0.1, 0.15) is 54.6 Å². The van der Waals surface area contributed by atoms with Gasteiger partial charge in [0.25, 0.3) is 12.3 Å². The third kappa shape index (κ3) is 4.38. The van der Waals surface area contributed by atoms with Crippen molar-refractivity contribution in [3.63, 3.8) is 0 Å². The summed E-state index contributed by atoms with van der Waals surface area (Å²) in [4.78, 5) is 16.5.